The van der Waals surface area contributed by atoms with Gasteiger partial charge < -0.3 is 10.6 Å². The third-order valence-electron chi connectivity index (χ3n) is 6.26. The lowest BCUT2D eigenvalue weighted by molar-refractivity contribution is 0.469. The van der Waals surface area contributed by atoms with Gasteiger partial charge in [0, 0.05) is 35.6 Å². The number of nitrogens with zero attached hydrogens (tertiary/aromatic N) is 5. The first kappa shape index (κ1) is 23.5. The van der Waals surface area contributed by atoms with E-state index in [4.69, 9.17) is 21.6 Å². The smallest absolute Gasteiger partial charge is 0.278 e. The van der Waals surface area contributed by atoms with Crippen molar-refractivity contribution in [1.29, 1.82) is 0 Å². The van der Waals surface area contributed by atoms with Gasteiger partial charge >= 0.3 is 0 Å². The highest BCUT2D eigenvalue weighted by molar-refractivity contribution is 6.32. The summed E-state index contributed by atoms with van der Waals surface area (Å²) in [5.74, 6) is 0.884. The molecule has 1 aliphatic heterocycles. The highest BCUT2D eigenvalue weighted by Crippen LogP contribution is 2.29. The molecule has 8 nitrogen and oxygen atoms in total. The Bertz CT molecular complexity index is 1480. The Morgan fingerprint density at radius 2 is 1.91 bits per heavy atom. The molecular weight excluding hydrogens is 462 g/mol. The van der Waals surface area contributed by atoms with Crippen LogP contribution in [0.1, 0.15) is 57.5 Å². The fourth-order valence-corrected chi connectivity index (χ4v) is 4.60. The third kappa shape index (κ3) is 4.32. The van der Waals surface area contributed by atoms with Gasteiger partial charge in [0.1, 0.15) is 5.39 Å². The summed E-state index contributed by atoms with van der Waals surface area (Å²) >= 11 is 6.64. The summed E-state index contributed by atoms with van der Waals surface area (Å²) in [6.45, 7) is 12.0. The van der Waals surface area contributed by atoms with E-state index in [-0.39, 0.29) is 17.0 Å². The lowest BCUT2D eigenvalue weighted by Crippen LogP contribution is -2.25. The Morgan fingerprint density at radius 3 is 2.66 bits per heavy atom. The zero-order valence-electron chi connectivity index (χ0n) is 20.7. The summed E-state index contributed by atoms with van der Waals surface area (Å²) in [5.41, 5.74) is 4.50. The van der Waals surface area contributed by atoms with Gasteiger partial charge in [0.15, 0.2) is 11.5 Å². The molecule has 182 valence electrons. The molecule has 0 saturated heterocycles. The Labute approximate surface area is 209 Å². The number of benzene rings is 1. The summed E-state index contributed by atoms with van der Waals surface area (Å²) in [5, 5.41) is 7.56. The van der Waals surface area contributed by atoms with E-state index in [9.17, 15) is 4.79 Å². The Kier molecular flexibility index (Phi) is 5.89. The molecule has 1 aliphatic rings. The molecule has 0 saturated carbocycles. The van der Waals surface area contributed by atoms with Crippen LogP contribution in [0, 0.1) is 0 Å². The lowest BCUT2D eigenvalue weighted by Gasteiger charge is -2.21. The zero-order chi connectivity index (χ0) is 24.9. The van der Waals surface area contributed by atoms with E-state index in [1.807, 2.05) is 32.0 Å². The molecule has 0 spiro atoms. The van der Waals surface area contributed by atoms with E-state index in [0.717, 1.165) is 30.9 Å². The van der Waals surface area contributed by atoms with E-state index >= 15 is 0 Å². The number of aromatic nitrogens is 5. The van der Waals surface area contributed by atoms with E-state index in [1.54, 1.807) is 15.6 Å². The van der Waals surface area contributed by atoms with Crippen molar-refractivity contribution < 1.29 is 0 Å². The van der Waals surface area contributed by atoms with Crippen molar-refractivity contribution in [2.24, 2.45) is 0 Å². The summed E-state index contributed by atoms with van der Waals surface area (Å²) in [4.78, 5) is 27.4. The second-order valence-corrected chi connectivity index (χ2v) is 10.7. The van der Waals surface area contributed by atoms with Crippen LogP contribution >= 0.6 is 11.6 Å². The van der Waals surface area contributed by atoms with Crippen LogP contribution in [0.4, 0.5) is 11.6 Å². The maximum absolute atomic E-state index is 13.4. The van der Waals surface area contributed by atoms with E-state index in [1.165, 1.54) is 11.1 Å². The molecule has 0 fully saturated rings. The molecule has 0 amide bonds. The topological polar surface area (TPSA) is 89.7 Å². The van der Waals surface area contributed by atoms with Crippen LogP contribution in [0.2, 0.25) is 5.02 Å². The summed E-state index contributed by atoms with van der Waals surface area (Å²) in [6, 6.07) is 9.89. The fourth-order valence-electron chi connectivity index (χ4n) is 4.41. The SMILES string of the molecule is CC(C)n1c(=O)c2cnc(Nc3ccc4c(c3)CCNC4)nc2n1-c1nc(C(C)(C)C)ccc1Cl. The lowest BCUT2D eigenvalue weighted by atomic mass is 9.92. The largest absolute Gasteiger partial charge is 0.324 e. The van der Waals surface area contributed by atoms with Crippen molar-refractivity contribution >= 4 is 34.3 Å². The van der Waals surface area contributed by atoms with Gasteiger partial charge in [-0.25, -0.2) is 19.3 Å². The molecular formula is C26H30ClN7O. The molecule has 3 aromatic heterocycles. The molecule has 5 rings (SSSR count). The summed E-state index contributed by atoms with van der Waals surface area (Å²) in [6.07, 6.45) is 2.56. The van der Waals surface area contributed by atoms with E-state index in [2.05, 4.69) is 48.5 Å². The number of rotatable bonds is 4. The van der Waals surface area contributed by atoms with Crippen molar-refractivity contribution in [3.63, 3.8) is 0 Å². The highest BCUT2D eigenvalue weighted by Gasteiger charge is 2.24. The summed E-state index contributed by atoms with van der Waals surface area (Å²) < 4.78 is 3.36. The number of anilines is 2. The minimum atomic E-state index is -0.186. The normalized spacial score (nSPS) is 13.9. The molecule has 0 aliphatic carbocycles. The first-order chi connectivity index (χ1) is 16.6. The quantitative estimate of drug-likeness (QED) is 0.422. The van der Waals surface area contributed by atoms with Gasteiger partial charge in [-0.15, -0.1) is 0 Å². The predicted molar refractivity (Wildman–Crippen MR) is 140 cm³/mol. The molecule has 1 aromatic carbocycles. The average molecular weight is 492 g/mol. The maximum Gasteiger partial charge on any atom is 0.278 e. The van der Waals surface area contributed by atoms with Crippen LogP contribution in [-0.4, -0.2) is 30.9 Å². The Morgan fingerprint density at radius 1 is 1.11 bits per heavy atom. The zero-order valence-corrected chi connectivity index (χ0v) is 21.4. The monoisotopic (exact) mass is 491 g/mol. The van der Waals surface area contributed by atoms with Gasteiger partial charge in [0.2, 0.25) is 5.95 Å². The van der Waals surface area contributed by atoms with Crippen LogP contribution in [0.25, 0.3) is 16.9 Å². The van der Waals surface area contributed by atoms with Crippen molar-refractivity contribution in [3.8, 4) is 5.82 Å². The standard InChI is InChI=1S/C26H30ClN7O/c1-15(2)33-24(35)19-14-29-25(30-18-7-6-17-13-28-11-10-16(17)12-18)32-22(19)34(33)23-20(27)8-9-21(31-23)26(3,4)5/h6-9,12,14-15,28H,10-11,13H2,1-5H3,(H,29,30,32). The number of hydrogen-bond donors (Lipinski definition) is 2. The van der Waals surface area contributed by atoms with Crippen LogP contribution in [0.5, 0.6) is 0 Å². The van der Waals surface area contributed by atoms with Gasteiger partial charge in [-0.1, -0.05) is 38.4 Å². The first-order valence-electron chi connectivity index (χ1n) is 11.9. The molecule has 0 atom stereocenters. The molecule has 4 aromatic rings. The Hall–Kier alpha value is -3.23. The molecule has 0 unspecified atom stereocenters. The minimum Gasteiger partial charge on any atom is -0.324 e. The number of hydrogen-bond acceptors (Lipinski definition) is 6. The van der Waals surface area contributed by atoms with Crippen molar-refractivity contribution in [2.45, 2.75) is 59.0 Å². The van der Waals surface area contributed by atoms with Crippen LogP contribution in [0.3, 0.4) is 0 Å². The van der Waals surface area contributed by atoms with Crippen molar-refractivity contribution in [3.05, 3.63) is 68.7 Å². The van der Waals surface area contributed by atoms with Gasteiger partial charge in [-0.3, -0.25) is 4.79 Å². The minimum absolute atomic E-state index is 0.140. The van der Waals surface area contributed by atoms with Gasteiger partial charge in [0.05, 0.1) is 5.02 Å². The van der Waals surface area contributed by atoms with Gasteiger partial charge in [0.25, 0.3) is 5.56 Å². The van der Waals surface area contributed by atoms with Crippen molar-refractivity contribution in [2.75, 3.05) is 11.9 Å². The van der Waals surface area contributed by atoms with Gasteiger partial charge in [-0.2, -0.15) is 4.98 Å². The van der Waals surface area contributed by atoms with Gasteiger partial charge in [-0.05, 0) is 62.2 Å². The second-order valence-electron chi connectivity index (χ2n) is 10.3. The second kappa shape index (κ2) is 8.77. The molecule has 35 heavy (non-hydrogen) atoms. The highest BCUT2D eigenvalue weighted by atomic mass is 35.5. The maximum atomic E-state index is 13.4. The number of pyridine rings is 1. The van der Waals surface area contributed by atoms with E-state index in [0.29, 0.717) is 27.8 Å². The molecule has 9 heteroatoms. The average Bonchev–Trinajstić information content (AvgIpc) is 3.10. The van der Waals surface area contributed by atoms with Crippen LogP contribution in [-0.2, 0) is 18.4 Å². The summed E-state index contributed by atoms with van der Waals surface area (Å²) in [7, 11) is 0. The number of nitrogens with one attached hydrogen (secondary N) is 2. The number of fused-ring (bicyclic) bond motifs is 2. The third-order valence-corrected chi connectivity index (χ3v) is 6.55. The predicted octanol–water partition coefficient (Wildman–Crippen LogP) is 4.90. The van der Waals surface area contributed by atoms with E-state index < -0.39 is 0 Å². The molecule has 0 radical (unpaired) electrons. The Balaban J connectivity index is 1.66. The number of halogens is 1. The van der Waals surface area contributed by atoms with Crippen LogP contribution in [0.15, 0.2) is 41.3 Å². The molecule has 2 N–H and O–H groups in total. The molecule has 4 heterocycles. The molecule has 0 bridgehead atoms. The fraction of sp³-hybridized carbons (Fsp3) is 0.385. The van der Waals surface area contributed by atoms with Crippen molar-refractivity contribution in [1.82, 2.24) is 29.6 Å². The first-order valence-corrected chi connectivity index (χ1v) is 12.3. The van der Waals surface area contributed by atoms with Crippen LogP contribution < -0.4 is 16.2 Å².